The third kappa shape index (κ3) is 4.59. The number of anilines is 1. The Morgan fingerprint density at radius 1 is 1.19 bits per heavy atom. The number of nitrogens with zero attached hydrogens (tertiary/aromatic N) is 3. The first-order chi connectivity index (χ1) is 10.2. The SMILES string of the molecule is CCCOc1cc(C)nc(NCc2ccnc(OC)c2)n1. The molecule has 0 aliphatic rings. The highest BCUT2D eigenvalue weighted by molar-refractivity contribution is 5.32. The average molecular weight is 288 g/mol. The molecule has 0 aliphatic heterocycles. The van der Waals surface area contributed by atoms with Crippen molar-refractivity contribution in [3.8, 4) is 11.8 Å². The van der Waals surface area contributed by atoms with Gasteiger partial charge in [0.15, 0.2) is 0 Å². The number of ether oxygens (including phenoxy) is 2. The Kier molecular flexibility index (Phi) is 5.31. The molecule has 1 N–H and O–H groups in total. The van der Waals surface area contributed by atoms with Gasteiger partial charge in [-0.05, 0) is 25.0 Å². The zero-order valence-electron chi connectivity index (χ0n) is 12.6. The van der Waals surface area contributed by atoms with Gasteiger partial charge in [0.2, 0.25) is 17.7 Å². The Bertz CT molecular complexity index is 590. The Morgan fingerprint density at radius 3 is 2.81 bits per heavy atom. The van der Waals surface area contributed by atoms with Gasteiger partial charge < -0.3 is 14.8 Å². The summed E-state index contributed by atoms with van der Waals surface area (Å²) in [5.41, 5.74) is 1.91. The molecule has 0 spiro atoms. The molecule has 0 amide bonds. The molecule has 0 fully saturated rings. The highest BCUT2D eigenvalue weighted by Crippen LogP contribution is 2.14. The van der Waals surface area contributed by atoms with E-state index in [4.69, 9.17) is 9.47 Å². The van der Waals surface area contributed by atoms with Crippen molar-refractivity contribution >= 4 is 5.95 Å². The van der Waals surface area contributed by atoms with Gasteiger partial charge in [0.1, 0.15) is 0 Å². The summed E-state index contributed by atoms with van der Waals surface area (Å²) in [5, 5.41) is 3.18. The van der Waals surface area contributed by atoms with E-state index in [2.05, 4.69) is 27.2 Å². The van der Waals surface area contributed by atoms with E-state index in [9.17, 15) is 0 Å². The Morgan fingerprint density at radius 2 is 2.05 bits per heavy atom. The Balaban J connectivity index is 2.03. The normalized spacial score (nSPS) is 10.2. The molecule has 0 aliphatic carbocycles. The summed E-state index contributed by atoms with van der Waals surface area (Å²) in [4.78, 5) is 12.8. The summed E-state index contributed by atoms with van der Waals surface area (Å²) in [6.45, 7) is 5.22. The van der Waals surface area contributed by atoms with Crippen LogP contribution >= 0.6 is 0 Å². The maximum atomic E-state index is 5.54. The second kappa shape index (κ2) is 7.42. The molecule has 2 rings (SSSR count). The van der Waals surface area contributed by atoms with E-state index in [0.29, 0.717) is 30.9 Å². The number of hydrogen-bond donors (Lipinski definition) is 1. The van der Waals surface area contributed by atoms with Crippen molar-refractivity contribution in [2.24, 2.45) is 0 Å². The first-order valence-corrected chi connectivity index (χ1v) is 6.92. The summed E-state index contributed by atoms with van der Waals surface area (Å²) < 4.78 is 10.6. The smallest absolute Gasteiger partial charge is 0.226 e. The van der Waals surface area contributed by atoms with Crippen LogP contribution in [0.2, 0.25) is 0 Å². The van der Waals surface area contributed by atoms with Crippen LogP contribution < -0.4 is 14.8 Å². The van der Waals surface area contributed by atoms with Gasteiger partial charge in [0.05, 0.1) is 13.7 Å². The molecule has 6 heteroatoms. The van der Waals surface area contributed by atoms with Gasteiger partial charge in [-0.15, -0.1) is 0 Å². The van der Waals surface area contributed by atoms with Crippen LogP contribution in [-0.4, -0.2) is 28.7 Å². The van der Waals surface area contributed by atoms with Gasteiger partial charge in [0.25, 0.3) is 0 Å². The van der Waals surface area contributed by atoms with E-state index in [1.54, 1.807) is 13.3 Å². The maximum absolute atomic E-state index is 5.54. The van der Waals surface area contributed by atoms with Crippen LogP contribution in [0.1, 0.15) is 24.6 Å². The predicted molar refractivity (Wildman–Crippen MR) is 80.7 cm³/mol. The molecule has 21 heavy (non-hydrogen) atoms. The van der Waals surface area contributed by atoms with Gasteiger partial charge in [-0.3, -0.25) is 0 Å². The van der Waals surface area contributed by atoms with E-state index in [0.717, 1.165) is 17.7 Å². The van der Waals surface area contributed by atoms with Crippen LogP contribution in [0.4, 0.5) is 5.95 Å². The summed E-state index contributed by atoms with van der Waals surface area (Å²) in [5.74, 6) is 1.74. The lowest BCUT2D eigenvalue weighted by molar-refractivity contribution is 0.305. The highest BCUT2D eigenvalue weighted by atomic mass is 16.5. The van der Waals surface area contributed by atoms with Gasteiger partial charge in [-0.1, -0.05) is 6.92 Å². The molecule has 0 saturated carbocycles. The topological polar surface area (TPSA) is 69.2 Å². The quantitative estimate of drug-likeness (QED) is 0.844. The minimum Gasteiger partial charge on any atom is -0.481 e. The Labute approximate surface area is 124 Å². The van der Waals surface area contributed by atoms with Crippen LogP contribution in [0.5, 0.6) is 11.8 Å². The number of aryl methyl sites for hydroxylation is 1. The van der Waals surface area contributed by atoms with Crippen LogP contribution in [0, 0.1) is 6.92 Å². The lowest BCUT2D eigenvalue weighted by Crippen LogP contribution is -2.07. The van der Waals surface area contributed by atoms with Crippen LogP contribution in [-0.2, 0) is 6.54 Å². The van der Waals surface area contributed by atoms with Crippen molar-refractivity contribution in [3.63, 3.8) is 0 Å². The monoisotopic (exact) mass is 288 g/mol. The van der Waals surface area contributed by atoms with Crippen molar-refractivity contribution in [1.82, 2.24) is 15.0 Å². The van der Waals surface area contributed by atoms with Crippen molar-refractivity contribution in [2.45, 2.75) is 26.8 Å². The lowest BCUT2D eigenvalue weighted by atomic mass is 10.2. The minimum absolute atomic E-state index is 0.553. The van der Waals surface area contributed by atoms with Crippen LogP contribution in [0.25, 0.3) is 0 Å². The van der Waals surface area contributed by atoms with Gasteiger partial charge in [-0.2, -0.15) is 4.98 Å². The molecule has 6 nitrogen and oxygen atoms in total. The zero-order valence-corrected chi connectivity index (χ0v) is 12.6. The molecule has 0 unspecified atom stereocenters. The van der Waals surface area contributed by atoms with Gasteiger partial charge in [-0.25, -0.2) is 9.97 Å². The number of methoxy groups -OCH3 is 1. The number of pyridine rings is 1. The van der Waals surface area contributed by atoms with Crippen LogP contribution in [0.15, 0.2) is 24.4 Å². The molecular weight excluding hydrogens is 268 g/mol. The molecule has 0 aromatic carbocycles. The van der Waals surface area contributed by atoms with Crippen molar-refractivity contribution < 1.29 is 9.47 Å². The molecule has 2 heterocycles. The summed E-state index contributed by atoms with van der Waals surface area (Å²) in [6, 6.07) is 5.62. The molecule has 0 saturated heterocycles. The minimum atomic E-state index is 0.553. The van der Waals surface area contributed by atoms with E-state index in [-0.39, 0.29) is 0 Å². The number of aromatic nitrogens is 3. The first kappa shape index (κ1) is 15.0. The predicted octanol–water partition coefficient (Wildman–Crippen LogP) is 2.59. The largest absolute Gasteiger partial charge is 0.481 e. The van der Waals surface area contributed by atoms with Crippen LogP contribution in [0.3, 0.4) is 0 Å². The second-order valence-corrected chi connectivity index (χ2v) is 4.58. The molecule has 0 atom stereocenters. The third-order valence-electron chi connectivity index (χ3n) is 2.74. The van der Waals surface area contributed by atoms with E-state index < -0.39 is 0 Å². The highest BCUT2D eigenvalue weighted by Gasteiger charge is 2.04. The number of rotatable bonds is 7. The third-order valence-corrected chi connectivity index (χ3v) is 2.74. The number of nitrogens with one attached hydrogen (secondary N) is 1. The van der Waals surface area contributed by atoms with Crippen molar-refractivity contribution in [3.05, 3.63) is 35.7 Å². The van der Waals surface area contributed by atoms with E-state index in [1.165, 1.54) is 0 Å². The molecular formula is C15H20N4O2. The molecule has 112 valence electrons. The van der Waals surface area contributed by atoms with E-state index in [1.807, 2.05) is 25.1 Å². The van der Waals surface area contributed by atoms with Crippen molar-refractivity contribution in [2.75, 3.05) is 19.0 Å². The fourth-order valence-electron chi connectivity index (χ4n) is 1.75. The molecule has 2 aromatic rings. The summed E-state index contributed by atoms with van der Waals surface area (Å²) in [6.07, 6.45) is 2.66. The summed E-state index contributed by atoms with van der Waals surface area (Å²) in [7, 11) is 1.60. The van der Waals surface area contributed by atoms with Gasteiger partial charge >= 0.3 is 0 Å². The second-order valence-electron chi connectivity index (χ2n) is 4.58. The lowest BCUT2D eigenvalue weighted by Gasteiger charge is -2.09. The molecule has 0 radical (unpaired) electrons. The van der Waals surface area contributed by atoms with Crippen molar-refractivity contribution in [1.29, 1.82) is 0 Å². The average Bonchev–Trinajstić information content (AvgIpc) is 2.50. The fraction of sp³-hybridized carbons (Fsp3) is 0.400. The first-order valence-electron chi connectivity index (χ1n) is 6.92. The Hall–Kier alpha value is -2.37. The zero-order chi connectivity index (χ0) is 15.1. The van der Waals surface area contributed by atoms with E-state index >= 15 is 0 Å². The molecule has 2 aromatic heterocycles. The molecule has 0 bridgehead atoms. The summed E-state index contributed by atoms with van der Waals surface area (Å²) >= 11 is 0. The standard InChI is InChI=1S/C15H20N4O2/c1-4-7-21-14-8-11(2)18-15(19-14)17-10-12-5-6-16-13(9-12)20-3/h5-6,8-9H,4,7,10H2,1-3H3,(H,17,18,19). The van der Waals surface area contributed by atoms with Gasteiger partial charge in [0, 0.05) is 30.6 Å². The fourth-order valence-corrected chi connectivity index (χ4v) is 1.75. The number of hydrogen-bond acceptors (Lipinski definition) is 6. The maximum Gasteiger partial charge on any atom is 0.226 e.